The molecule has 34 heavy (non-hydrogen) atoms. The van der Waals surface area contributed by atoms with E-state index < -0.39 is 15.8 Å². The van der Waals surface area contributed by atoms with Gasteiger partial charge >= 0.3 is 0 Å². The summed E-state index contributed by atoms with van der Waals surface area (Å²) >= 11 is 0. The van der Waals surface area contributed by atoms with E-state index in [0.717, 1.165) is 43.4 Å². The highest BCUT2D eigenvalue weighted by Gasteiger charge is 2.31. The first-order valence-electron chi connectivity index (χ1n) is 11.9. The second-order valence-electron chi connectivity index (χ2n) is 9.29. The molecule has 0 aliphatic carbocycles. The Morgan fingerprint density at radius 1 is 1.03 bits per heavy atom. The molecular formula is C25H29FN4O3S. The average Bonchev–Trinajstić information content (AvgIpc) is 3.29. The van der Waals surface area contributed by atoms with E-state index in [4.69, 9.17) is 0 Å². The summed E-state index contributed by atoms with van der Waals surface area (Å²) in [5, 5.41) is 4.37. The molecule has 2 fully saturated rings. The monoisotopic (exact) mass is 484 g/mol. The maximum absolute atomic E-state index is 13.6. The Balaban J connectivity index is 1.32. The van der Waals surface area contributed by atoms with Crippen LogP contribution >= 0.6 is 0 Å². The van der Waals surface area contributed by atoms with E-state index in [1.165, 1.54) is 22.5 Å². The van der Waals surface area contributed by atoms with E-state index in [1.807, 2.05) is 23.2 Å². The number of aryl methyl sites for hydroxylation is 1. The van der Waals surface area contributed by atoms with Crippen molar-refractivity contribution in [2.45, 2.75) is 49.8 Å². The van der Waals surface area contributed by atoms with Gasteiger partial charge in [-0.25, -0.2) is 17.3 Å². The van der Waals surface area contributed by atoms with Crippen LogP contribution < -0.4 is 0 Å². The van der Waals surface area contributed by atoms with Crippen LogP contribution in [0.15, 0.2) is 47.6 Å². The Labute approximate surface area is 199 Å². The van der Waals surface area contributed by atoms with Gasteiger partial charge in [-0.15, -0.1) is 0 Å². The van der Waals surface area contributed by atoms with Crippen molar-refractivity contribution in [3.63, 3.8) is 0 Å². The number of hydrogen-bond donors (Lipinski definition) is 0. The number of pyridine rings is 1. The molecule has 0 unspecified atom stereocenters. The largest absolute Gasteiger partial charge is 0.339 e. The zero-order valence-electron chi connectivity index (χ0n) is 19.3. The summed E-state index contributed by atoms with van der Waals surface area (Å²) in [4.78, 5) is 15.1. The first kappa shape index (κ1) is 23.0. The van der Waals surface area contributed by atoms with Gasteiger partial charge in [-0.05, 0) is 86.4 Å². The minimum atomic E-state index is -3.66. The van der Waals surface area contributed by atoms with Crippen LogP contribution in [-0.2, 0) is 10.0 Å². The number of halogens is 1. The quantitative estimate of drug-likeness (QED) is 0.562. The van der Waals surface area contributed by atoms with Crippen LogP contribution in [0.1, 0.15) is 59.5 Å². The van der Waals surface area contributed by atoms with Gasteiger partial charge < -0.3 is 4.90 Å². The molecule has 0 spiro atoms. The number of piperidine rings is 2. The Morgan fingerprint density at radius 2 is 1.76 bits per heavy atom. The fourth-order valence-corrected chi connectivity index (χ4v) is 6.59. The summed E-state index contributed by atoms with van der Waals surface area (Å²) in [6.07, 6.45) is 8.12. The van der Waals surface area contributed by atoms with Crippen molar-refractivity contribution in [3.05, 3.63) is 65.2 Å². The Bertz CT molecular complexity index is 1320. The van der Waals surface area contributed by atoms with Crippen LogP contribution in [0, 0.1) is 12.7 Å². The van der Waals surface area contributed by atoms with Crippen molar-refractivity contribution in [2.24, 2.45) is 0 Å². The molecule has 2 aromatic heterocycles. The van der Waals surface area contributed by atoms with E-state index in [9.17, 15) is 17.6 Å². The van der Waals surface area contributed by atoms with Crippen LogP contribution in [0.3, 0.4) is 0 Å². The number of benzene rings is 1. The molecule has 4 heterocycles. The molecule has 2 aliphatic heterocycles. The number of nitrogens with zero attached hydrogens (tertiary/aromatic N) is 4. The zero-order chi connectivity index (χ0) is 23.9. The second-order valence-corrected chi connectivity index (χ2v) is 11.2. The van der Waals surface area contributed by atoms with Crippen LogP contribution in [0.5, 0.6) is 0 Å². The number of sulfonamides is 1. The molecule has 1 amide bonds. The van der Waals surface area contributed by atoms with Crippen LogP contribution in [0.25, 0.3) is 5.52 Å². The molecule has 0 radical (unpaired) electrons. The van der Waals surface area contributed by atoms with Crippen LogP contribution in [0.4, 0.5) is 4.39 Å². The maximum atomic E-state index is 13.6. The normalized spacial score (nSPS) is 18.5. The Morgan fingerprint density at radius 3 is 2.47 bits per heavy atom. The highest BCUT2D eigenvalue weighted by molar-refractivity contribution is 7.89. The third-order valence-corrected chi connectivity index (χ3v) is 9.01. The van der Waals surface area contributed by atoms with Gasteiger partial charge in [0, 0.05) is 32.4 Å². The van der Waals surface area contributed by atoms with E-state index in [2.05, 4.69) is 5.10 Å². The predicted octanol–water partition coefficient (Wildman–Crippen LogP) is 3.98. The second kappa shape index (κ2) is 9.11. The SMILES string of the molecule is Cc1cc(S(=O)(=O)N2CCC(c3ccn4ncc(C(=O)N5CCCCC5)c4c3)CC2)ccc1F. The highest BCUT2D eigenvalue weighted by atomic mass is 32.2. The molecule has 5 rings (SSSR count). The van der Waals surface area contributed by atoms with Gasteiger partial charge in [0.15, 0.2) is 0 Å². The van der Waals surface area contributed by atoms with Crippen molar-refractivity contribution >= 4 is 21.4 Å². The van der Waals surface area contributed by atoms with E-state index in [0.29, 0.717) is 37.1 Å². The Hall–Kier alpha value is -2.78. The number of carbonyl (C=O) groups is 1. The summed E-state index contributed by atoms with van der Waals surface area (Å²) in [7, 11) is -3.66. The molecule has 0 N–H and O–H groups in total. The van der Waals surface area contributed by atoms with Gasteiger partial charge in [-0.1, -0.05) is 0 Å². The number of carbonyl (C=O) groups excluding carboxylic acids is 1. The van der Waals surface area contributed by atoms with Crippen molar-refractivity contribution in [3.8, 4) is 0 Å². The molecule has 7 nitrogen and oxygen atoms in total. The van der Waals surface area contributed by atoms with Crippen molar-refractivity contribution in [1.29, 1.82) is 0 Å². The molecule has 9 heteroatoms. The van der Waals surface area contributed by atoms with Gasteiger partial charge in [0.1, 0.15) is 5.82 Å². The Kier molecular flexibility index (Phi) is 6.16. The third-order valence-electron chi connectivity index (χ3n) is 7.11. The zero-order valence-corrected chi connectivity index (χ0v) is 20.1. The maximum Gasteiger partial charge on any atom is 0.257 e. The molecule has 180 valence electrons. The van der Waals surface area contributed by atoms with Crippen LogP contribution in [0.2, 0.25) is 0 Å². The number of amides is 1. The first-order valence-corrected chi connectivity index (χ1v) is 13.3. The van der Waals surface area contributed by atoms with Gasteiger partial charge in [-0.3, -0.25) is 4.79 Å². The lowest BCUT2D eigenvalue weighted by Gasteiger charge is -2.31. The minimum absolute atomic E-state index is 0.0300. The summed E-state index contributed by atoms with van der Waals surface area (Å²) in [5.74, 6) is -0.187. The van der Waals surface area contributed by atoms with Gasteiger partial charge in [0.2, 0.25) is 10.0 Å². The molecule has 2 aliphatic rings. The molecular weight excluding hydrogens is 455 g/mol. The third kappa shape index (κ3) is 4.22. The summed E-state index contributed by atoms with van der Waals surface area (Å²) in [6, 6.07) is 7.97. The predicted molar refractivity (Wildman–Crippen MR) is 127 cm³/mol. The molecule has 0 atom stereocenters. The lowest BCUT2D eigenvalue weighted by atomic mass is 9.90. The van der Waals surface area contributed by atoms with Crippen molar-refractivity contribution < 1.29 is 17.6 Å². The number of hydrogen-bond acceptors (Lipinski definition) is 4. The molecule has 0 bridgehead atoms. The molecule has 1 aromatic carbocycles. The highest BCUT2D eigenvalue weighted by Crippen LogP contribution is 2.32. The number of fused-ring (bicyclic) bond motifs is 1. The van der Waals surface area contributed by atoms with Gasteiger partial charge in [0.25, 0.3) is 5.91 Å². The van der Waals surface area contributed by atoms with Crippen molar-refractivity contribution in [1.82, 2.24) is 18.8 Å². The van der Waals surface area contributed by atoms with Gasteiger partial charge in [-0.2, -0.15) is 9.40 Å². The van der Waals surface area contributed by atoms with Gasteiger partial charge in [0.05, 0.1) is 22.2 Å². The minimum Gasteiger partial charge on any atom is -0.339 e. The lowest BCUT2D eigenvalue weighted by molar-refractivity contribution is 0.0726. The van der Waals surface area contributed by atoms with Crippen LogP contribution in [-0.4, -0.2) is 59.3 Å². The summed E-state index contributed by atoms with van der Waals surface area (Å²) in [6.45, 7) is 3.94. The smallest absolute Gasteiger partial charge is 0.257 e. The van der Waals surface area contributed by atoms with Crippen molar-refractivity contribution in [2.75, 3.05) is 26.2 Å². The van der Waals surface area contributed by atoms with E-state index in [1.54, 1.807) is 17.6 Å². The standard InChI is InChI=1S/C25H29FN4O3S/c1-18-15-21(5-6-23(18)26)34(32,33)29-12-7-19(8-13-29)20-9-14-30-24(16-20)22(17-27-30)25(31)28-10-3-2-4-11-28/h5-6,9,14-17,19H,2-4,7-8,10-13H2,1H3. The lowest BCUT2D eigenvalue weighted by Crippen LogP contribution is -2.38. The topological polar surface area (TPSA) is 75.0 Å². The molecule has 2 saturated heterocycles. The summed E-state index contributed by atoms with van der Waals surface area (Å²) in [5.41, 5.74) is 2.83. The number of aromatic nitrogens is 2. The number of likely N-dealkylation sites (tertiary alicyclic amines) is 1. The molecule has 3 aromatic rings. The average molecular weight is 485 g/mol. The summed E-state index contributed by atoms with van der Waals surface area (Å²) < 4.78 is 42.9. The van der Waals surface area contributed by atoms with E-state index in [-0.39, 0.29) is 16.7 Å². The number of rotatable bonds is 4. The van der Waals surface area contributed by atoms with E-state index >= 15 is 0 Å². The fraction of sp³-hybridized carbons (Fsp3) is 0.440. The first-order chi connectivity index (χ1) is 16.3. The molecule has 0 saturated carbocycles. The fourth-order valence-electron chi connectivity index (χ4n) is 5.04.